The minimum Gasteiger partial charge on any atom is -0.296 e. The van der Waals surface area contributed by atoms with Crippen LogP contribution in [0.15, 0.2) is 54.6 Å². The van der Waals surface area contributed by atoms with Gasteiger partial charge >= 0.3 is 0 Å². The highest BCUT2D eigenvalue weighted by molar-refractivity contribution is 5.50. The van der Waals surface area contributed by atoms with Gasteiger partial charge in [-0.1, -0.05) is 61.9 Å². The number of quaternary nitrogens is 1. The number of aryl methyl sites for hydroxylation is 2. The van der Waals surface area contributed by atoms with E-state index < -0.39 is 0 Å². The first-order chi connectivity index (χ1) is 10.1. The Hall–Kier alpha value is -1.60. The molecule has 2 aromatic carbocycles. The van der Waals surface area contributed by atoms with E-state index in [1.165, 1.54) is 36.2 Å². The number of unbranched alkanes of at least 4 members (excludes halogenated alkanes) is 1. The van der Waals surface area contributed by atoms with Gasteiger partial charge in [0.1, 0.15) is 5.69 Å². The smallest absolute Gasteiger partial charge is 0.135 e. The molecule has 0 aliphatic heterocycles. The van der Waals surface area contributed by atoms with E-state index in [2.05, 4.69) is 75.6 Å². The molecule has 1 nitrogen and oxygen atoms in total. The third kappa shape index (κ3) is 4.44. The normalized spacial score (nSPS) is 11.6. The Morgan fingerprint density at radius 3 is 2.19 bits per heavy atom. The first kappa shape index (κ1) is 15.8. The molecule has 0 aliphatic carbocycles. The van der Waals surface area contributed by atoms with E-state index >= 15 is 0 Å². The second-order valence-electron chi connectivity index (χ2n) is 6.38. The third-order valence-corrected chi connectivity index (χ3v) is 4.24. The van der Waals surface area contributed by atoms with Gasteiger partial charge in [-0.25, -0.2) is 0 Å². The first-order valence-electron chi connectivity index (χ1n) is 8.09. The highest BCUT2D eigenvalue weighted by Crippen LogP contribution is 2.26. The summed E-state index contributed by atoms with van der Waals surface area (Å²) in [7, 11) is 4.66. The van der Waals surface area contributed by atoms with Gasteiger partial charge in [0, 0.05) is 5.56 Å². The number of benzene rings is 2. The van der Waals surface area contributed by atoms with Crippen LogP contribution in [0.1, 0.15) is 30.9 Å². The molecule has 2 aromatic rings. The van der Waals surface area contributed by atoms with E-state index in [4.69, 9.17) is 0 Å². The molecule has 0 bridgehead atoms. The fourth-order valence-electron chi connectivity index (χ4n) is 2.91. The van der Waals surface area contributed by atoms with Gasteiger partial charge in [-0.3, -0.25) is 4.48 Å². The molecule has 0 saturated carbocycles. The fraction of sp³-hybridized carbons (Fsp3) is 0.400. The van der Waals surface area contributed by atoms with Crippen molar-refractivity contribution in [1.82, 2.24) is 4.48 Å². The fourth-order valence-corrected chi connectivity index (χ4v) is 2.91. The standard InChI is InChI=1S/C20H28N/c1-4-5-17-21(2,3)20-14-10-9-13-19(20)16-15-18-11-7-6-8-12-18/h6-14H,4-5,15-17H2,1-3H3/q+1. The molecule has 0 heterocycles. The summed E-state index contributed by atoms with van der Waals surface area (Å²) in [5.74, 6) is 0. The summed E-state index contributed by atoms with van der Waals surface area (Å²) in [4.78, 5) is 0. The second kappa shape index (κ2) is 7.42. The largest absolute Gasteiger partial charge is 0.296 e. The van der Waals surface area contributed by atoms with Crippen LogP contribution >= 0.6 is 0 Å². The zero-order chi connectivity index (χ0) is 15.1. The van der Waals surface area contributed by atoms with E-state index in [1.54, 1.807) is 0 Å². The molecule has 0 N–H and O–H groups in total. The van der Waals surface area contributed by atoms with Crippen molar-refractivity contribution in [2.75, 3.05) is 20.6 Å². The average molecular weight is 282 g/mol. The Morgan fingerprint density at radius 2 is 1.48 bits per heavy atom. The first-order valence-corrected chi connectivity index (χ1v) is 8.09. The molecule has 0 aromatic heterocycles. The van der Waals surface area contributed by atoms with Crippen molar-refractivity contribution >= 4 is 5.69 Å². The molecule has 0 atom stereocenters. The molecule has 0 saturated heterocycles. The van der Waals surface area contributed by atoms with E-state index in [9.17, 15) is 0 Å². The lowest BCUT2D eigenvalue weighted by Gasteiger charge is -2.31. The minimum atomic E-state index is 0.985. The van der Waals surface area contributed by atoms with E-state index in [-0.39, 0.29) is 0 Å². The van der Waals surface area contributed by atoms with Crippen LogP contribution < -0.4 is 4.48 Å². The van der Waals surface area contributed by atoms with Gasteiger partial charge < -0.3 is 0 Å². The predicted octanol–water partition coefficient (Wildman–Crippen LogP) is 4.84. The van der Waals surface area contributed by atoms with Crippen LogP contribution in [0.4, 0.5) is 5.69 Å². The highest BCUT2D eigenvalue weighted by atomic mass is 15.3. The van der Waals surface area contributed by atoms with Crippen molar-refractivity contribution in [1.29, 1.82) is 0 Å². The molecular weight excluding hydrogens is 254 g/mol. The van der Waals surface area contributed by atoms with E-state index in [0.717, 1.165) is 17.3 Å². The number of hydrogen-bond donors (Lipinski definition) is 0. The lowest BCUT2D eigenvalue weighted by Crippen LogP contribution is -2.42. The second-order valence-corrected chi connectivity index (χ2v) is 6.38. The quantitative estimate of drug-likeness (QED) is 0.638. The zero-order valence-corrected chi connectivity index (χ0v) is 13.7. The van der Waals surface area contributed by atoms with E-state index in [0.29, 0.717) is 0 Å². The van der Waals surface area contributed by atoms with Crippen molar-refractivity contribution in [2.45, 2.75) is 32.6 Å². The van der Waals surface area contributed by atoms with Crippen LogP contribution in [0, 0.1) is 0 Å². The average Bonchev–Trinajstić information content (AvgIpc) is 2.52. The van der Waals surface area contributed by atoms with Gasteiger partial charge in [0.2, 0.25) is 0 Å². The summed E-state index contributed by atoms with van der Waals surface area (Å²) in [6.45, 7) is 3.47. The van der Waals surface area contributed by atoms with Crippen molar-refractivity contribution in [3.05, 3.63) is 65.7 Å². The SMILES string of the molecule is CCCC[N+](C)(C)c1ccccc1CCc1ccccc1. The van der Waals surface area contributed by atoms with Crippen molar-refractivity contribution in [3.8, 4) is 0 Å². The Kier molecular flexibility index (Phi) is 5.58. The summed E-state index contributed by atoms with van der Waals surface area (Å²) in [6.07, 6.45) is 4.77. The third-order valence-electron chi connectivity index (χ3n) is 4.24. The molecule has 0 fully saturated rings. The predicted molar refractivity (Wildman–Crippen MR) is 93.7 cm³/mol. The van der Waals surface area contributed by atoms with Crippen LogP contribution in [0.25, 0.3) is 0 Å². The van der Waals surface area contributed by atoms with Gasteiger partial charge in [0.25, 0.3) is 0 Å². The van der Waals surface area contributed by atoms with Crippen LogP contribution in [-0.4, -0.2) is 20.6 Å². The van der Waals surface area contributed by atoms with Crippen LogP contribution in [0.2, 0.25) is 0 Å². The summed E-state index contributed by atoms with van der Waals surface area (Å²) >= 11 is 0. The molecule has 0 radical (unpaired) electrons. The summed E-state index contributed by atoms with van der Waals surface area (Å²) < 4.78 is 0.985. The van der Waals surface area contributed by atoms with E-state index in [1.807, 2.05) is 0 Å². The van der Waals surface area contributed by atoms with Crippen LogP contribution in [0.3, 0.4) is 0 Å². The molecule has 1 heteroatoms. The van der Waals surface area contributed by atoms with Crippen LogP contribution in [-0.2, 0) is 12.8 Å². The van der Waals surface area contributed by atoms with Gasteiger partial charge in [0.05, 0.1) is 20.6 Å². The maximum absolute atomic E-state index is 2.33. The lowest BCUT2D eigenvalue weighted by molar-refractivity contribution is 0.386. The molecule has 0 aliphatic rings. The minimum absolute atomic E-state index is 0.985. The maximum atomic E-state index is 2.33. The Bertz CT molecular complexity index is 543. The molecule has 21 heavy (non-hydrogen) atoms. The van der Waals surface area contributed by atoms with Crippen molar-refractivity contribution in [3.63, 3.8) is 0 Å². The molecule has 2 rings (SSSR count). The van der Waals surface area contributed by atoms with Gasteiger partial charge in [-0.15, -0.1) is 0 Å². The highest BCUT2D eigenvalue weighted by Gasteiger charge is 2.21. The number of para-hydroxylation sites is 1. The summed E-state index contributed by atoms with van der Waals surface area (Å²) in [5.41, 5.74) is 4.38. The molecule has 112 valence electrons. The molecule has 0 amide bonds. The van der Waals surface area contributed by atoms with Crippen molar-refractivity contribution in [2.24, 2.45) is 0 Å². The molecular formula is C20H28N+. The number of nitrogens with zero attached hydrogens (tertiary/aromatic N) is 1. The van der Waals surface area contributed by atoms with Gasteiger partial charge in [-0.2, -0.15) is 0 Å². The molecule has 0 unspecified atom stereocenters. The summed E-state index contributed by atoms with van der Waals surface area (Å²) in [6, 6.07) is 19.7. The number of rotatable bonds is 7. The van der Waals surface area contributed by atoms with Crippen LogP contribution in [0.5, 0.6) is 0 Å². The topological polar surface area (TPSA) is 0 Å². The van der Waals surface area contributed by atoms with Gasteiger partial charge in [-0.05, 0) is 30.9 Å². The van der Waals surface area contributed by atoms with Crippen molar-refractivity contribution < 1.29 is 0 Å². The Labute approximate surface area is 129 Å². The lowest BCUT2D eigenvalue weighted by atomic mass is 10.0. The Morgan fingerprint density at radius 1 is 0.810 bits per heavy atom. The Balaban J connectivity index is 2.13. The maximum Gasteiger partial charge on any atom is 0.135 e. The van der Waals surface area contributed by atoms with Gasteiger partial charge in [0.15, 0.2) is 0 Å². The monoisotopic (exact) mass is 282 g/mol. The molecule has 0 spiro atoms. The zero-order valence-electron chi connectivity index (χ0n) is 13.7. The number of hydrogen-bond acceptors (Lipinski definition) is 0. The summed E-state index contributed by atoms with van der Waals surface area (Å²) in [5, 5.41) is 0.